The topological polar surface area (TPSA) is 39.1 Å². The minimum absolute atomic E-state index is 0.632. The van der Waals surface area contributed by atoms with E-state index in [0.29, 0.717) is 5.92 Å². The van der Waals surface area contributed by atoms with E-state index < -0.39 is 0 Å². The number of aromatic nitrogens is 2. The van der Waals surface area contributed by atoms with Crippen LogP contribution in [0.15, 0.2) is 12.3 Å². The van der Waals surface area contributed by atoms with Crippen LogP contribution in [-0.4, -0.2) is 36.1 Å². The first-order valence-electron chi connectivity index (χ1n) is 6.45. The molecule has 1 heterocycles. The Hall–Kier alpha value is -0.870. The van der Waals surface area contributed by atoms with Crippen molar-refractivity contribution in [2.24, 2.45) is 13.0 Å². The van der Waals surface area contributed by atoms with Gasteiger partial charge in [-0.15, -0.1) is 0 Å². The maximum Gasteiger partial charge on any atom is 0.0492 e. The Labute approximate surface area is 104 Å². The Morgan fingerprint density at radius 2 is 2.24 bits per heavy atom. The Kier molecular flexibility index (Phi) is 6.89. The van der Waals surface area contributed by atoms with Crippen molar-refractivity contribution < 1.29 is 4.74 Å². The highest BCUT2D eigenvalue weighted by atomic mass is 16.5. The molecule has 1 aromatic rings. The van der Waals surface area contributed by atoms with Gasteiger partial charge in [-0.05, 0) is 24.9 Å². The summed E-state index contributed by atoms with van der Waals surface area (Å²) in [4.78, 5) is 0. The van der Waals surface area contributed by atoms with Crippen LogP contribution in [-0.2, 0) is 18.2 Å². The van der Waals surface area contributed by atoms with Crippen LogP contribution in [0.25, 0.3) is 0 Å². The number of ether oxygens (including phenoxy) is 1. The average Bonchev–Trinajstić information content (AvgIpc) is 2.68. The Morgan fingerprint density at radius 1 is 1.41 bits per heavy atom. The van der Waals surface area contributed by atoms with Crippen LogP contribution in [0, 0.1) is 5.92 Å². The second-order valence-corrected chi connectivity index (χ2v) is 4.77. The molecule has 0 atom stereocenters. The van der Waals surface area contributed by atoms with Gasteiger partial charge in [0.05, 0.1) is 0 Å². The fourth-order valence-electron chi connectivity index (χ4n) is 1.61. The molecular weight excluding hydrogens is 214 g/mol. The van der Waals surface area contributed by atoms with E-state index in [1.807, 2.05) is 17.9 Å². The highest BCUT2D eigenvalue weighted by Gasteiger charge is 1.97. The molecule has 1 rings (SSSR count). The minimum Gasteiger partial charge on any atom is -0.381 e. The zero-order chi connectivity index (χ0) is 12.5. The SMILES string of the molecule is CC(C)COCCCNCCc1ccnn1C. The average molecular weight is 239 g/mol. The molecule has 1 aromatic heterocycles. The Morgan fingerprint density at radius 3 is 2.88 bits per heavy atom. The molecular formula is C13H25N3O. The van der Waals surface area contributed by atoms with Gasteiger partial charge in [0.15, 0.2) is 0 Å². The number of aryl methyl sites for hydroxylation is 1. The molecule has 0 amide bonds. The molecule has 4 nitrogen and oxygen atoms in total. The third kappa shape index (κ3) is 6.44. The molecule has 17 heavy (non-hydrogen) atoms. The Bertz CT molecular complexity index is 297. The number of nitrogens with zero attached hydrogens (tertiary/aromatic N) is 2. The van der Waals surface area contributed by atoms with E-state index in [1.165, 1.54) is 5.69 Å². The normalized spacial score (nSPS) is 11.3. The highest BCUT2D eigenvalue weighted by Crippen LogP contribution is 1.96. The molecule has 0 spiro atoms. The maximum atomic E-state index is 5.51. The summed E-state index contributed by atoms with van der Waals surface area (Å²) in [5, 5.41) is 7.56. The fraction of sp³-hybridized carbons (Fsp3) is 0.769. The van der Waals surface area contributed by atoms with Gasteiger partial charge in [-0.3, -0.25) is 4.68 Å². The molecule has 0 aromatic carbocycles. The second-order valence-electron chi connectivity index (χ2n) is 4.77. The molecule has 0 aliphatic carbocycles. The van der Waals surface area contributed by atoms with Crippen molar-refractivity contribution in [2.75, 3.05) is 26.3 Å². The van der Waals surface area contributed by atoms with Crippen LogP contribution in [0.2, 0.25) is 0 Å². The van der Waals surface area contributed by atoms with Crippen molar-refractivity contribution in [1.29, 1.82) is 0 Å². The van der Waals surface area contributed by atoms with Gasteiger partial charge in [0.2, 0.25) is 0 Å². The smallest absolute Gasteiger partial charge is 0.0492 e. The van der Waals surface area contributed by atoms with Crippen LogP contribution in [0.4, 0.5) is 0 Å². The summed E-state index contributed by atoms with van der Waals surface area (Å²) in [7, 11) is 1.98. The molecule has 0 unspecified atom stereocenters. The van der Waals surface area contributed by atoms with Crippen LogP contribution in [0.5, 0.6) is 0 Å². The zero-order valence-electron chi connectivity index (χ0n) is 11.3. The summed E-state index contributed by atoms with van der Waals surface area (Å²) in [5.41, 5.74) is 1.27. The van der Waals surface area contributed by atoms with Crippen molar-refractivity contribution in [2.45, 2.75) is 26.7 Å². The van der Waals surface area contributed by atoms with Crippen LogP contribution >= 0.6 is 0 Å². The van der Waals surface area contributed by atoms with Crippen LogP contribution in [0.1, 0.15) is 26.0 Å². The summed E-state index contributed by atoms with van der Waals surface area (Å²) < 4.78 is 7.44. The summed E-state index contributed by atoms with van der Waals surface area (Å²) >= 11 is 0. The highest BCUT2D eigenvalue weighted by molar-refractivity contribution is 5.00. The predicted molar refractivity (Wildman–Crippen MR) is 70.1 cm³/mol. The maximum absolute atomic E-state index is 5.51. The van der Waals surface area contributed by atoms with Crippen molar-refractivity contribution in [3.63, 3.8) is 0 Å². The van der Waals surface area contributed by atoms with Gasteiger partial charge in [-0.1, -0.05) is 13.8 Å². The largest absolute Gasteiger partial charge is 0.381 e. The van der Waals surface area contributed by atoms with Gasteiger partial charge in [0.25, 0.3) is 0 Å². The van der Waals surface area contributed by atoms with Gasteiger partial charge in [-0.25, -0.2) is 0 Å². The lowest BCUT2D eigenvalue weighted by molar-refractivity contribution is 0.108. The van der Waals surface area contributed by atoms with Gasteiger partial charge in [0, 0.05) is 45.1 Å². The second kappa shape index (κ2) is 8.25. The van der Waals surface area contributed by atoms with E-state index >= 15 is 0 Å². The Balaban J connectivity index is 1.90. The minimum atomic E-state index is 0.632. The molecule has 0 radical (unpaired) electrons. The van der Waals surface area contributed by atoms with Crippen molar-refractivity contribution >= 4 is 0 Å². The van der Waals surface area contributed by atoms with E-state index in [9.17, 15) is 0 Å². The first kappa shape index (κ1) is 14.2. The molecule has 0 saturated carbocycles. The van der Waals surface area contributed by atoms with Gasteiger partial charge >= 0.3 is 0 Å². The van der Waals surface area contributed by atoms with E-state index in [-0.39, 0.29) is 0 Å². The molecule has 4 heteroatoms. The molecule has 0 aliphatic heterocycles. The summed E-state index contributed by atoms with van der Waals surface area (Å²) in [6, 6.07) is 2.06. The molecule has 98 valence electrons. The van der Waals surface area contributed by atoms with Gasteiger partial charge < -0.3 is 10.1 Å². The van der Waals surface area contributed by atoms with Crippen molar-refractivity contribution in [1.82, 2.24) is 15.1 Å². The monoisotopic (exact) mass is 239 g/mol. The van der Waals surface area contributed by atoms with Crippen molar-refractivity contribution in [3.8, 4) is 0 Å². The molecule has 1 N–H and O–H groups in total. The number of nitrogens with one attached hydrogen (secondary N) is 1. The van der Waals surface area contributed by atoms with Gasteiger partial charge in [-0.2, -0.15) is 5.10 Å². The van der Waals surface area contributed by atoms with E-state index in [4.69, 9.17) is 4.74 Å². The lowest BCUT2D eigenvalue weighted by Crippen LogP contribution is -2.21. The summed E-state index contributed by atoms with van der Waals surface area (Å²) in [5.74, 6) is 0.632. The standard InChI is InChI=1S/C13H25N3O/c1-12(2)11-17-10-4-7-14-8-5-13-6-9-15-16(13)3/h6,9,12,14H,4-5,7-8,10-11H2,1-3H3. The first-order chi connectivity index (χ1) is 8.20. The molecule has 0 bridgehead atoms. The van der Waals surface area contributed by atoms with Crippen LogP contribution in [0.3, 0.4) is 0 Å². The van der Waals surface area contributed by atoms with Crippen molar-refractivity contribution in [3.05, 3.63) is 18.0 Å². The third-order valence-electron chi connectivity index (χ3n) is 2.57. The molecule has 0 aliphatic rings. The summed E-state index contributed by atoms with van der Waals surface area (Å²) in [6.07, 6.45) is 3.95. The zero-order valence-corrected chi connectivity index (χ0v) is 11.3. The number of hydrogen-bond donors (Lipinski definition) is 1. The predicted octanol–water partition coefficient (Wildman–Crippen LogP) is 1.61. The molecule has 0 fully saturated rings. The van der Waals surface area contributed by atoms with E-state index in [0.717, 1.165) is 39.1 Å². The number of rotatable bonds is 9. The summed E-state index contributed by atoms with van der Waals surface area (Å²) in [6.45, 7) is 8.10. The quantitative estimate of drug-likeness (QED) is 0.666. The lowest BCUT2D eigenvalue weighted by atomic mass is 10.2. The first-order valence-corrected chi connectivity index (χ1v) is 6.45. The van der Waals surface area contributed by atoms with Gasteiger partial charge in [0.1, 0.15) is 0 Å². The van der Waals surface area contributed by atoms with E-state index in [1.54, 1.807) is 0 Å². The van der Waals surface area contributed by atoms with E-state index in [2.05, 4.69) is 30.3 Å². The number of hydrogen-bond acceptors (Lipinski definition) is 3. The third-order valence-corrected chi connectivity index (χ3v) is 2.57. The lowest BCUT2D eigenvalue weighted by Gasteiger charge is -2.07. The molecule has 0 saturated heterocycles. The fourth-order valence-corrected chi connectivity index (χ4v) is 1.61. The van der Waals surface area contributed by atoms with Crippen LogP contribution < -0.4 is 5.32 Å².